The van der Waals surface area contributed by atoms with Crippen LogP contribution in [-0.4, -0.2) is 16.9 Å². The molecule has 0 amide bonds. The topological polar surface area (TPSA) is 54.4 Å². The van der Waals surface area contributed by atoms with Crippen molar-refractivity contribution in [3.05, 3.63) is 0 Å². The maximum Gasteiger partial charge on any atom is 0.314 e. The van der Waals surface area contributed by atoms with Gasteiger partial charge in [-0.1, -0.05) is 6.92 Å². The van der Waals surface area contributed by atoms with Crippen LogP contribution in [0.15, 0.2) is 0 Å². The van der Waals surface area contributed by atoms with Gasteiger partial charge in [0.1, 0.15) is 11.7 Å². The molecule has 2 unspecified atom stereocenters. The van der Waals surface area contributed by atoms with Crippen LogP contribution < -0.4 is 0 Å². The minimum absolute atomic E-state index is 0. The summed E-state index contributed by atoms with van der Waals surface area (Å²) in [6, 6.07) is 0. The van der Waals surface area contributed by atoms with Crippen molar-refractivity contribution in [3.63, 3.8) is 0 Å². The van der Waals surface area contributed by atoms with Gasteiger partial charge in [-0.25, -0.2) is 0 Å². The molecule has 0 rings (SSSR count). The van der Waals surface area contributed by atoms with E-state index in [1.54, 1.807) is 6.92 Å². The average molecular weight is 164 g/mol. The fraction of sp³-hybridized carbons (Fsp3) is 0.667. The average Bonchev–Trinajstić information content (AvgIpc) is 1.64. The van der Waals surface area contributed by atoms with Gasteiger partial charge in [-0.2, -0.15) is 9.90 Å². The standard InChI is InChI=1S/C6H10O3.H3P/c1-3-5(4(2)7)6(8)9;/h5H,3H2,1-2H3,(H,8,9);1H3. The summed E-state index contributed by atoms with van der Waals surface area (Å²) in [7, 11) is 0. The van der Waals surface area contributed by atoms with Crippen molar-refractivity contribution in [2.45, 2.75) is 20.3 Å². The quantitative estimate of drug-likeness (QED) is 0.494. The summed E-state index contributed by atoms with van der Waals surface area (Å²) in [5.41, 5.74) is 0. The number of carboxylic acids is 1. The molecule has 10 heavy (non-hydrogen) atoms. The molecule has 0 aromatic rings. The summed E-state index contributed by atoms with van der Waals surface area (Å²) in [5.74, 6) is -2.10. The molecule has 0 aliphatic heterocycles. The van der Waals surface area contributed by atoms with Crippen molar-refractivity contribution in [2.24, 2.45) is 5.92 Å². The molecule has 0 aliphatic rings. The maximum atomic E-state index is 10.4. The summed E-state index contributed by atoms with van der Waals surface area (Å²) in [6.45, 7) is 2.97. The number of carbonyl (C=O) groups is 2. The van der Waals surface area contributed by atoms with Crippen molar-refractivity contribution in [1.29, 1.82) is 0 Å². The third-order valence-electron chi connectivity index (χ3n) is 1.20. The Kier molecular flexibility index (Phi) is 6.58. The summed E-state index contributed by atoms with van der Waals surface area (Å²) in [4.78, 5) is 20.6. The Morgan fingerprint density at radius 3 is 1.90 bits per heavy atom. The second kappa shape index (κ2) is 5.36. The second-order valence-corrected chi connectivity index (χ2v) is 1.91. The molecular weight excluding hydrogens is 151 g/mol. The van der Waals surface area contributed by atoms with E-state index in [1.807, 2.05) is 0 Å². The largest absolute Gasteiger partial charge is 0.481 e. The highest BCUT2D eigenvalue weighted by atomic mass is 31.0. The number of hydrogen-bond acceptors (Lipinski definition) is 2. The van der Waals surface area contributed by atoms with Gasteiger partial charge < -0.3 is 5.11 Å². The molecule has 4 heteroatoms. The van der Waals surface area contributed by atoms with Crippen molar-refractivity contribution in [3.8, 4) is 0 Å². The summed E-state index contributed by atoms with van der Waals surface area (Å²) in [6.07, 6.45) is 0.380. The monoisotopic (exact) mass is 164 g/mol. The predicted octanol–water partition coefficient (Wildman–Crippen LogP) is 0.744. The first-order chi connectivity index (χ1) is 4.09. The lowest BCUT2D eigenvalue weighted by atomic mass is 10.0. The molecule has 3 nitrogen and oxygen atoms in total. The molecule has 0 radical (unpaired) electrons. The fourth-order valence-electron chi connectivity index (χ4n) is 0.636. The van der Waals surface area contributed by atoms with Crippen molar-refractivity contribution >= 4 is 21.7 Å². The Hall–Kier alpha value is -0.430. The van der Waals surface area contributed by atoms with Crippen LogP contribution in [0.4, 0.5) is 0 Å². The van der Waals surface area contributed by atoms with Gasteiger partial charge in [-0.05, 0) is 13.3 Å². The third-order valence-corrected chi connectivity index (χ3v) is 1.20. The van der Waals surface area contributed by atoms with Gasteiger partial charge in [0.2, 0.25) is 0 Å². The van der Waals surface area contributed by atoms with Gasteiger partial charge in [0, 0.05) is 0 Å². The molecule has 0 fully saturated rings. The molecule has 1 N–H and O–H groups in total. The molecule has 0 aromatic heterocycles. The maximum absolute atomic E-state index is 10.4. The summed E-state index contributed by atoms with van der Waals surface area (Å²) < 4.78 is 0. The van der Waals surface area contributed by atoms with Crippen LogP contribution in [0.5, 0.6) is 0 Å². The zero-order chi connectivity index (χ0) is 7.44. The Bertz CT molecular complexity index is 119. The molecule has 0 saturated carbocycles. The van der Waals surface area contributed by atoms with Crippen LogP contribution >= 0.6 is 9.90 Å². The number of ketones is 1. The van der Waals surface area contributed by atoms with Crippen molar-refractivity contribution in [1.82, 2.24) is 0 Å². The Morgan fingerprint density at radius 2 is 1.90 bits per heavy atom. The zero-order valence-electron chi connectivity index (χ0n) is 6.26. The van der Waals surface area contributed by atoms with E-state index < -0.39 is 11.9 Å². The SMILES string of the molecule is CCC(C(C)=O)C(=O)O.P. The number of hydrogen-bond donors (Lipinski definition) is 1. The van der Waals surface area contributed by atoms with E-state index in [-0.39, 0.29) is 15.7 Å². The Labute approximate surface area is 63.4 Å². The van der Waals surface area contributed by atoms with E-state index in [1.165, 1.54) is 6.92 Å². The summed E-state index contributed by atoms with van der Waals surface area (Å²) in [5, 5.41) is 8.32. The molecule has 0 aromatic carbocycles. The smallest absolute Gasteiger partial charge is 0.314 e. The normalized spacial score (nSPS) is 11.4. The van der Waals surface area contributed by atoms with Crippen LogP contribution in [0, 0.1) is 5.92 Å². The van der Waals surface area contributed by atoms with Gasteiger partial charge in [0.15, 0.2) is 0 Å². The summed E-state index contributed by atoms with van der Waals surface area (Å²) >= 11 is 0. The minimum Gasteiger partial charge on any atom is -0.481 e. The van der Waals surface area contributed by atoms with E-state index in [0.29, 0.717) is 6.42 Å². The van der Waals surface area contributed by atoms with E-state index in [0.717, 1.165) is 0 Å². The lowest BCUT2D eigenvalue weighted by molar-refractivity contribution is -0.145. The van der Waals surface area contributed by atoms with Crippen molar-refractivity contribution in [2.75, 3.05) is 0 Å². The number of carboxylic acid groups (broad SMARTS) is 1. The molecular formula is C6H13O3P. The number of carbonyl (C=O) groups excluding carboxylic acids is 1. The third kappa shape index (κ3) is 3.57. The van der Waals surface area contributed by atoms with Gasteiger partial charge in [0.25, 0.3) is 0 Å². The fourth-order valence-corrected chi connectivity index (χ4v) is 0.636. The highest BCUT2D eigenvalue weighted by Gasteiger charge is 2.19. The van der Waals surface area contributed by atoms with Gasteiger partial charge >= 0.3 is 5.97 Å². The first kappa shape index (κ1) is 12.3. The van der Waals surface area contributed by atoms with Gasteiger partial charge in [-0.15, -0.1) is 0 Å². The Balaban J connectivity index is 0. The molecule has 0 spiro atoms. The zero-order valence-corrected chi connectivity index (χ0v) is 7.67. The van der Waals surface area contributed by atoms with E-state index in [2.05, 4.69) is 0 Å². The molecule has 0 aliphatic carbocycles. The molecule has 2 atom stereocenters. The van der Waals surface area contributed by atoms with Crippen LogP contribution in [0.1, 0.15) is 20.3 Å². The minimum atomic E-state index is -1.02. The van der Waals surface area contributed by atoms with E-state index in [4.69, 9.17) is 5.11 Å². The van der Waals surface area contributed by atoms with Gasteiger partial charge in [-0.3, -0.25) is 9.59 Å². The first-order valence-corrected chi connectivity index (χ1v) is 2.82. The van der Waals surface area contributed by atoms with Gasteiger partial charge in [0.05, 0.1) is 0 Å². The van der Waals surface area contributed by atoms with E-state index in [9.17, 15) is 9.59 Å². The van der Waals surface area contributed by atoms with Crippen LogP contribution in [0.3, 0.4) is 0 Å². The molecule has 0 bridgehead atoms. The predicted molar refractivity (Wildman–Crippen MR) is 43.2 cm³/mol. The molecule has 60 valence electrons. The highest BCUT2D eigenvalue weighted by Crippen LogP contribution is 2.02. The van der Waals surface area contributed by atoms with Crippen LogP contribution in [0.25, 0.3) is 0 Å². The number of rotatable bonds is 3. The lowest BCUT2D eigenvalue weighted by Crippen LogP contribution is -2.19. The second-order valence-electron chi connectivity index (χ2n) is 1.91. The van der Waals surface area contributed by atoms with E-state index >= 15 is 0 Å². The number of Topliss-reactive ketones (excluding diaryl/α,β-unsaturated/α-hetero) is 1. The van der Waals surface area contributed by atoms with Crippen LogP contribution in [0.2, 0.25) is 0 Å². The number of aliphatic carboxylic acids is 1. The lowest BCUT2D eigenvalue weighted by Gasteiger charge is -2.01. The highest BCUT2D eigenvalue weighted by molar-refractivity contribution is 6.92. The van der Waals surface area contributed by atoms with Crippen LogP contribution in [-0.2, 0) is 9.59 Å². The molecule has 0 saturated heterocycles. The van der Waals surface area contributed by atoms with Crippen molar-refractivity contribution < 1.29 is 14.7 Å². The Morgan fingerprint density at radius 1 is 1.50 bits per heavy atom. The molecule has 0 heterocycles. The first-order valence-electron chi connectivity index (χ1n) is 2.82.